The Kier molecular flexibility index (Phi) is 7.44. The molecule has 4 aromatic rings. The molecule has 0 bridgehead atoms. The van der Waals surface area contributed by atoms with Gasteiger partial charge in [-0.2, -0.15) is 15.2 Å². The van der Waals surface area contributed by atoms with Gasteiger partial charge in [0.05, 0.1) is 16.3 Å². The van der Waals surface area contributed by atoms with Gasteiger partial charge in [0.1, 0.15) is 41.3 Å². The van der Waals surface area contributed by atoms with Crippen molar-refractivity contribution < 1.29 is 23.4 Å². The van der Waals surface area contributed by atoms with E-state index in [9.17, 15) is 14.3 Å². The number of nitriles is 1. The van der Waals surface area contributed by atoms with Crippen LogP contribution in [-0.2, 0) is 11.4 Å². The van der Waals surface area contributed by atoms with E-state index in [0.29, 0.717) is 37.7 Å². The maximum absolute atomic E-state index is 16.1. The summed E-state index contributed by atoms with van der Waals surface area (Å²) in [6, 6.07) is 11.6. The van der Waals surface area contributed by atoms with Crippen LogP contribution in [0.25, 0.3) is 22.0 Å². The molecule has 0 atom stereocenters. The molecule has 0 spiro atoms. The van der Waals surface area contributed by atoms with Crippen LogP contribution in [0.1, 0.15) is 11.4 Å². The third-order valence-corrected chi connectivity index (χ3v) is 6.72. The monoisotopic (exact) mass is 562 g/mol. The number of nitrogens with zero attached hydrogens (tertiary/aromatic N) is 6. The number of fused-ring (bicyclic) bond motifs is 1. The standard InChI is InChI=1S/C28H21ClF2N6O3/c1-2-22(39)36-9-11-37(12-10-36)27-18-13-19(29)23(24-20(30)7-4-8-21(24)38)25(31)26(18)34-28(35-27)40-15-17-6-3-5-16(14-32)33-17/h2-8,13,38H,1,9-12,15H2. The molecule has 3 heterocycles. The number of phenolic OH excluding ortho intramolecular Hbond substituents is 1. The van der Waals surface area contributed by atoms with Crippen molar-refractivity contribution in [2.45, 2.75) is 6.61 Å². The number of ether oxygens (including phenoxy) is 1. The highest BCUT2D eigenvalue weighted by molar-refractivity contribution is 6.34. The smallest absolute Gasteiger partial charge is 0.319 e. The molecule has 2 aromatic carbocycles. The molecule has 12 heteroatoms. The number of piperazine rings is 1. The van der Waals surface area contributed by atoms with E-state index in [4.69, 9.17) is 21.6 Å². The summed E-state index contributed by atoms with van der Waals surface area (Å²) in [6.45, 7) is 4.88. The third kappa shape index (κ3) is 5.09. The van der Waals surface area contributed by atoms with Gasteiger partial charge in [0, 0.05) is 37.1 Å². The highest BCUT2D eigenvalue weighted by Crippen LogP contribution is 2.42. The highest BCUT2D eigenvalue weighted by atomic mass is 35.5. The fourth-order valence-corrected chi connectivity index (χ4v) is 4.77. The minimum Gasteiger partial charge on any atom is -0.507 e. The average Bonchev–Trinajstić information content (AvgIpc) is 2.97. The zero-order valence-electron chi connectivity index (χ0n) is 20.9. The quantitative estimate of drug-likeness (QED) is 0.339. The number of benzene rings is 2. The second kappa shape index (κ2) is 11.1. The molecule has 0 unspecified atom stereocenters. The first kappa shape index (κ1) is 26.8. The molecule has 202 valence electrons. The van der Waals surface area contributed by atoms with Gasteiger partial charge in [0.2, 0.25) is 5.91 Å². The van der Waals surface area contributed by atoms with Gasteiger partial charge < -0.3 is 19.6 Å². The fourth-order valence-electron chi connectivity index (χ4n) is 4.48. The Morgan fingerprint density at radius 3 is 2.58 bits per heavy atom. The van der Waals surface area contributed by atoms with Gasteiger partial charge in [-0.25, -0.2) is 13.8 Å². The van der Waals surface area contributed by atoms with Gasteiger partial charge in [-0.1, -0.05) is 30.3 Å². The van der Waals surface area contributed by atoms with E-state index in [1.165, 1.54) is 24.3 Å². The average molecular weight is 563 g/mol. The molecule has 5 rings (SSSR count). The fraction of sp³-hybridized carbons (Fsp3) is 0.179. The second-order valence-electron chi connectivity index (χ2n) is 8.84. The highest BCUT2D eigenvalue weighted by Gasteiger charge is 2.27. The number of amides is 1. The zero-order chi connectivity index (χ0) is 28.4. The van der Waals surface area contributed by atoms with Gasteiger partial charge in [-0.3, -0.25) is 4.79 Å². The Morgan fingerprint density at radius 2 is 1.88 bits per heavy atom. The molecule has 2 aromatic heterocycles. The Morgan fingerprint density at radius 1 is 1.12 bits per heavy atom. The van der Waals surface area contributed by atoms with Gasteiger partial charge in [0.25, 0.3) is 0 Å². The molecule has 9 nitrogen and oxygen atoms in total. The van der Waals surface area contributed by atoms with Gasteiger partial charge >= 0.3 is 6.01 Å². The Bertz CT molecular complexity index is 1670. The summed E-state index contributed by atoms with van der Waals surface area (Å²) in [4.78, 5) is 28.5. The number of rotatable bonds is 6. The van der Waals surface area contributed by atoms with Crippen LogP contribution in [0.15, 0.2) is 55.1 Å². The molecule has 0 aliphatic carbocycles. The SMILES string of the molecule is C=CC(=O)N1CCN(c2nc(OCc3cccc(C#N)n3)nc3c(F)c(-c4c(O)cccc4F)c(Cl)cc23)CC1. The maximum atomic E-state index is 16.1. The first-order valence-electron chi connectivity index (χ1n) is 12.1. The van der Waals surface area contributed by atoms with Crippen LogP contribution in [0.4, 0.5) is 14.6 Å². The first-order valence-corrected chi connectivity index (χ1v) is 12.5. The van der Waals surface area contributed by atoms with Crippen molar-refractivity contribution in [2.75, 3.05) is 31.1 Å². The van der Waals surface area contributed by atoms with Crippen LogP contribution in [0, 0.1) is 23.0 Å². The van der Waals surface area contributed by atoms with Crippen molar-refractivity contribution in [1.82, 2.24) is 19.9 Å². The number of hydrogen-bond acceptors (Lipinski definition) is 8. The molecule has 1 amide bonds. The van der Waals surface area contributed by atoms with E-state index in [0.717, 1.165) is 6.07 Å². The van der Waals surface area contributed by atoms with Crippen LogP contribution in [0.3, 0.4) is 0 Å². The molecular weight excluding hydrogens is 542 g/mol. The molecule has 1 fully saturated rings. The second-order valence-corrected chi connectivity index (χ2v) is 9.25. The van der Waals surface area contributed by atoms with Crippen LogP contribution in [0.2, 0.25) is 5.02 Å². The summed E-state index contributed by atoms with van der Waals surface area (Å²) in [7, 11) is 0. The van der Waals surface area contributed by atoms with Crippen LogP contribution < -0.4 is 9.64 Å². The Balaban J connectivity index is 1.61. The molecule has 1 aliphatic rings. The predicted octanol–water partition coefficient (Wildman–Crippen LogP) is 4.61. The van der Waals surface area contributed by atoms with E-state index in [1.807, 2.05) is 11.0 Å². The summed E-state index contributed by atoms with van der Waals surface area (Å²) in [5.74, 6) is -2.22. The summed E-state index contributed by atoms with van der Waals surface area (Å²) in [6.07, 6.45) is 1.24. The Labute approximate surface area is 232 Å². The van der Waals surface area contributed by atoms with E-state index in [-0.39, 0.29) is 45.7 Å². The van der Waals surface area contributed by atoms with Crippen molar-refractivity contribution in [3.05, 3.63) is 83.2 Å². The summed E-state index contributed by atoms with van der Waals surface area (Å²) in [5, 5.41) is 19.5. The van der Waals surface area contributed by atoms with Gasteiger partial charge in [0.15, 0.2) is 5.82 Å². The number of aromatic nitrogens is 3. The first-order chi connectivity index (χ1) is 19.3. The maximum Gasteiger partial charge on any atom is 0.319 e. The molecule has 1 aliphatic heterocycles. The molecule has 1 saturated heterocycles. The molecule has 0 radical (unpaired) electrons. The minimum atomic E-state index is -0.971. The minimum absolute atomic E-state index is 0.113. The summed E-state index contributed by atoms with van der Waals surface area (Å²) >= 11 is 6.47. The van der Waals surface area contributed by atoms with Crippen molar-refractivity contribution in [3.63, 3.8) is 0 Å². The largest absolute Gasteiger partial charge is 0.507 e. The predicted molar refractivity (Wildman–Crippen MR) is 144 cm³/mol. The van der Waals surface area contributed by atoms with Gasteiger partial charge in [-0.05, 0) is 36.4 Å². The molecular formula is C28H21ClF2N6O3. The molecule has 40 heavy (non-hydrogen) atoms. The normalized spacial score (nSPS) is 13.2. The number of carbonyl (C=O) groups is 1. The number of pyridine rings is 1. The van der Waals surface area contributed by atoms with Gasteiger partial charge in [-0.15, -0.1) is 0 Å². The number of halogens is 3. The lowest BCUT2D eigenvalue weighted by molar-refractivity contribution is -0.126. The van der Waals surface area contributed by atoms with Crippen molar-refractivity contribution >= 4 is 34.2 Å². The van der Waals surface area contributed by atoms with Crippen molar-refractivity contribution in [1.29, 1.82) is 5.26 Å². The number of hydrogen-bond donors (Lipinski definition) is 1. The number of carbonyl (C=O) groups excluding carboxylic acids is 1. The van der Waals surface area contributed by atoms with E-state index >= 15 is 4.39 Å². The number of anilines is 1. The van der Waals surface area contributed by atoms with Crippen LogP contribution in [-0.4, -0.2) is 57.0 Å². The van der Waals surface area contributed by atoms with E-state index < -0.39 is 22.9 Å². The number of aromatic hydroxyl groups is 1. The number of phenols is 1. The zero-order valence-corrected chi connectivity index (χ0v) is 21.7. The van der Waals surface area contributed by atoms with Crippen LogP contribution >= 0.6 is 11.6 Å². The summed E-state index contributed by atoms with van der Waals surface area (Å²) < 4.78 is 36.6. The van der Waals surface area contributed by atoms with E-state index in [2.05, 4.69) is 21.5 Å². The topological polar surface area (TPSA) is 115 Å². The lowest BCUT2D eigenvalue weighted by Gasteiger charge is -2.35. The van der Waals surface area contributed by atoms with Crippen molar-refractivity contribution in [3.8, 4) is 29.0 Å². The molecule has 1 N–H and O–H groups in total. The Hall–Kier alpha value is -4.82. The lowest BCUT2D eigenvalue weighted by Crippen LogP contribution is -2.48. The third-order valence-electron chi connectivity index (χ3n) is 6.42. The summed E-state index contributed by atoms with van der Waals surface area (Å²) in [5.41, 5.74) is -0.336. The van der Waals surface area contributed by atoms with E-state index in [1.54, 1.807) is 23.1 Å². The lowest BCUT2D eigenvalue weighted by atomic mass is 10.0. The molecule has 0 saturated carbocycles. The van der Waals surface area contributed by atoms with Crippen molar-refractivity contribution in [2.24, 2.45) is 0 Å². The van der Waals surface area contributed by atoms with Crippen LogP contribution in [0.5, 0.6) is 11.8 Å².